The van der Waals surface area contributed by atoms with Crippen LogP contribution in [0.2, 0.25) is 0 Å². The SMILES string of the molecule is CC(C)c1cc2c(cc1C(=O)Cl)C1(C)CCCC(C)(C=O)C1CC2. The van der Waals surface area contributed by atoms with Gasteiger partial charge in [0.25, 0.3) is 5.24 Å². The number of halogens is 1. The third-order valence-electron chi connectivity index (χ3n) is 6.67. The van der Waals surface area contributed by atoms with Crippen molar-refractivity contribution < 1.29 is 9.59 Å². The molecule has 3 unspecified atom stereocenters. The highest BCUT2D eigenvalue weighted by Gasteiger charge is 2.52. The largest absolute Gasteiger partial charge is 0.303 e. The van der Waals surface area contributed by atoms with Crippen LogP contribution in [0.3, 0.4) is 0 Å². The molecule has 0 radical (unpaired) electrons. The number of hydrogen-bond donors (Lipinski definition) is 0. The number of aryl methyl sites for hydroxylation is 1. The number of rotatable bonds is 3. The summed E-state index contributed by atoms with van der Waals surface area (Å²) in [5.74, 6) is 0.608. The second kappa shape index (κ2) is 5.98. The third kappa shape index (κ3) is 2.54. The molecule has 0 heterocycles. The van der Waals surface area contributed by atoms with Crippen LogP contribution in [0, 0.1) is 11.3 Å². The number of benzene rings is 1. The van der Waals surface area contributed by atoms with Crippen LogP contribution in [0.25, 0.3) is 0 Å². The first kappa shape index (κ1) is 17.7. The van der Waals surface area contributed by atoms with E-state index in [0.717, 1.165) is 37.7 Å². The molecule has 0 N–H and O–H groups in total. The minimum Gasteiger partial charge on any atom is -0.303 e. The third-order valence-corrected chi connectivity index (χ3v) is 6.88. The van der Waals surface area contributed by atoms with Crippen molar-refractivity contribution in [2.24, 2.45) is 11.3 Å². The minimum absolute atomic E-state index is 0.0436. The topological polar surface area (TPSA) is 34.1 Å². The van der Waals surface area contributed by atoms with Crippen LogP contribution in [0.5, 0.6) is 0 Å². The molecule has 1 fully saturated rings. The van der Waals surface area contributed by atoms with Crippen LogP contribution in [-0.2, 0) is 16.6 Å². The molecule has 2 aliphatic carbocycles. The summed E-state index contributed by atoms with van der Waals surface area (Å²) < 4.78 is 0. The molecule has 1 aromatic rings. The second-order valence-electron chi connectivity index (χ2n) is 8.51. The van der Waals surface area contributed by atoms with Gasteiger partial charge in [-0.3, -0.25) is 4.79 Å². The van der Waals surface area contributed by atoms with E-state index < -0.39 is 0 Å². The molecule has 1 aromatic carbocycles. The smallest absolute Gasteiger partial charge is 0.252 e. The van der Waals surface area contributed by atoms with Gasteiger partial charge in [0.1, 0.15) is 6.29 Å². The lowest BCUT2D eigenvalue weighted by Crippen LogP contribution is -2.49. The summed E-state index contributed by atoms with van der Waals surface area (Å²) in [5.41, 5.74) is 3.98. The van der Waals surface area contributed by atoms with Crippen LogP contribution in [0.15, 0.2) is 12.1 Å². The first-order chi connectivity index (χ1) is 11.2. The lowest BCUT2D eigenvalue weighted by molar-refractivity contribution is -0.123. The van der Waals surface area contributed by atoms with Crippen molar-refractivity contribution in [1.82, 2.24) is 0 Å². The summed E-state index contributed by atoms with van der Waals surface area (Å²) in [6.45, 7) is 8.60. The van der Waals surface area contributed by atoms with Gasteiger partial charge in [-0.05, 0) is 77.3 Å². The number of carbonyl (C=O) groups excluding carboxylic acids is 2. The zero-order valence-corrected chi connectivity index (χ0v) is 15.9. The lowest BCUT2D eigenvalue weighted by atomic mass is 9.50. The maximum Gasteiger partial charge on any atom is 0.252 e. The Hall–Kier alpha value is -1.15. The Bertz CT molecular complexity index is 693. The molecule has 1 saturated carbocycles. The van der Waals surface area contributed by atoms with E-state index in [4.69, 9.17) is 11.6 Å². The predicted molar refractivity (Wildman–Crippen MR) is 97.9 cm³/mol. The van der Waals surface area contributed by atoms with Crippen molar-refractivity contribution in [2.75, 3.05) is 0 Å². The highest BCUT2D eigenvalue weighted by atomic mass is 35.5. The van der Waals surface area contributed by atoms with Gasteiger partial charge in [-0.25, -0.2) is 0 Å². The Morgan fingerprint density at radius 3 is 2.58 bits per heavy atom. The zero-order valence-electron chi connectivity index (χ0n) is 15.1. The van der Waals surface area contributed by atoms with Crippen LogP contribution >= 0.6 is 11.6 Å². The van der Waals surface area contributed by atoms with Crippen LogP contribution in [0.4, 0.5) is 0 Å². The quantitative estimate of drug-likeness (QED) is 0.542. The van der Waals surface area contributed by atoms with Crippen molar-refractivity contribution in [3.05, 3.63) is 34.4 Å². The molecule has 3 atom stereocenters. The average molecular weight is 347 g/mol. The van der Waals surface area contributed by atoms with Crippen molar-refractivity contribution in [3.63, 3.8) is 0 Å². The Morgan fingerprint density at radius 2 is 2.00 bits per heavy atom. The van der Waals surface area contributed by atoms with Gasteiger partial charge >= 0.3 is 0 Å². The fraction of sp³-hybridized carbons (Fsp3) is 0.619. The van der Waals surface area contributed by atoms with Crippen molar-refractivity contribution in [2.45, 2.75) is 71.1 Å². The molecule has 24 heavy (non-hydrogen) atoms. The molecular weight excluding hydrogens is 320 g/mol. The second-order valence-corrected chi connectivity index (χ2v) is 8.85. The molecule has 0 aromatic heterocycles. The Labute approximate surface area is 150 Å². The van der Waals surface area contributed by atoms with Gasteiger partial charge in [-0.2, -0.15) is 0 Å². The predicted octanol–water partition coefficient (Wildman–Crippen LogP) is 5.40. The van der Waals surface area contributed by atoms with Crippen molar-refractivity contribution in [1.29, 1.82) is 0 Å². The summed E-state index contributed by atoms with van der Waals surface area (Å²) in [4.78, 5) is 23.8. The van der Waals surface area contributed by atoms with Gasteiger partial charge in [0, 0.05) is 11.0 Å². The number of hydrogen-bond acceptors (Lipinski definition) is 2. The standard InChI is InChI=1S/C21H27ClO2/c1-13(2)15-10-14-6-7-18-20(3,12-23)8-5-9-21(18,4)17(14)11-16(15)19(22)24/h10-13,18H,5-9H2,1-4H3. The number of fused-ring (bicyclic) bond motifs is 3. The molecule has 130 valence electrons. The summed E-state index contributed by atoms with van der Waals surface area (Å²) in [5, 5.41) is -0.374. The van der Waals surface area contributed by atoms with Crippen molar-refractivity contribution >= 4 is 23.1 Å². The average Bonchev–Trinajstić information content (AvgIpc) is 2.53. The van der Waals surface area contributed by atoms with Gasteiger partial charge in [0.05, 0.1) is 0 Å². The number of carbonyl (C=O) groups is 2. The lowest BCUT2D eigenvalue weighted by Gasteiger charge is -2.53. The Morgan fingerprint density at radius 1 is 1.29 bits per heavy atom. The van der Waals surface area contributed by atoms with E-state index in [0.29, 0.717) is 11.5 Å². The molecule has 0 saturated heterocycles. The normalized spacial score (nSPS) is 32.2. The maximum atomic E-state index is 12.0. The summed E-state index contributed by atoms with van der Waals surface area (Å²) in [6.07, 6.45) is 6.30. The summed E-state index contributed by atoms with van der Waals surface area (Å²) in [7, 11) is 0. The van der Waals surface area contributed by atoms with E-state index in [1.54, 1.807) is 0 Å². The monoisotopic (exact) mass is 346 g/mol. The Balaban J connectivity index is 2.19. The first-order valence-corrected chi connectivity index (χ1v) is 9.44. The van der Waals surface area contributed by atoms with Gasteiger partial charge < -0.3 is 4.79 Å². The van der Waals surface area contributed by atoms with Crippen LogP contribution in [-0.4, -0.2) is 11.5 Å². The summed E-state index contributed by atoms with van der Waals surface area (Å²) in [6, 6.07) is 4.24. The van der Waals surface area contributed by atoms with Crippen LogP contribution in [0.1, 0.15) is 86.3 Å². The molecule has 2 nitrogen and oxygen atoms in total. The van der Waals surface area contributed by atoms with Gasteiger partial charge in [0.2, 0.25) is 0 Å². The first-order valence-electron chi connectivity index (χ1n) is 9.06. The fourth-order valence-corrected chi connectivity index (χ4v) is 5.54. The Kier molecular flexibility index (Phi) is 4.40. The van der Waals surface area contributed by atoms with Crippen molar-refractivity contribution in [3.8, 4) is 0 Å². The highest BCUT2D eigenvalue weighted by Crippen LogP contribution is 2.56. The van der Waals surface area contributed by atoms with E-state index in [9.17, 15) is 9.59 Å². The van der Waals surface area contributed by atoms with E-state index >= 15 is 0 Å². The van der Waals surface area contributed by atoms with E-state index in [2.05, 4.69) is 33.8 Å². The molecule has 3 heteroatoms. The van der Waals surface area contributed by atoms with E-state index in [-0.39, 0.29) is 22.0 Å². The van der Waals surface area contributed by atoms with Gasteiger partial charge in [-0.15, -0.1) is 0 Å². The fourth-order valence-electron chi connectivity index (χ4n) is 5.37. The molecule has 0 bridgehead atoms. The minimum atomic E-state index is -0.374. The highest BCUT2D eigenvalue weighted by molar-refractivity contribution is 6.68. The number of aldehydes is 1. The molecule has 0 aliphatic heterocycles. The molecule has 0 amide bonds. The maximum absolute atomic E-state index is 12.0. The zero-order chi connectivity index (χ0) is 17.7. The van der Waals surface area contributed by atoms with E-state index in [1.165, 1.54) is 17.4 Å². The molecule has 0 spiro atoms. The molecular formula is C21H27ClO2. The molecule has 2 aliphatic rings. The van der Waals surface area contributed by atoms with E-state index in [1.807, 2.05) is 6.07 Å². The summed E-state index contributed by atoms with van der Waals surface area (Å²) >= 11 is 5.90. The van der Waals surface area contributed by atoms with Gasteiger partial charge in [0.15, 0.2) is 0 Å². The van der Waals surface area contributed by atoms with Gasteiger partial charge in [-0.1, -0.05) is 40.2 Å². The molecule has 3 rings (SSSR count). The van der Waals surface area contributed by atoms with Crippen LogP contribution < -0.4 is 0 Å².